The second kappa shape index (κ2) is 10.6. The molecule has 1 N–H and O–H groups in total. The van der Waals surface area contributed by atoms with Crippen LogP contribution in [-0.2, 0) is 0 Å². The van der Waals surface area contributed by atoms with Crippen molar-refractivity contribution in [3.63, 3.8) is 0 Å². The van der Waals surface area contributed by atoms with E-state index in [1.807, 2.05) is 12.1 Å². The Morgan fingerprint density at radius 2 is 1.80 bits per heavy atom. The number of methoxy groups -OCH3 is 1. The van der Waals surface area contributed by atoms with Crippen LogP contribution in [0.4, 0.5) is 0 Å². The minimum atomic E-state index is 0.766. The summed E-state index contributed by atoms with van der Waals surface area (Å²) in [7, 11) is 1.69. The number of hydrogen-bond acceptors (Lipinski definition) is 3. The van der Waals surface area contributed by atoms with Gasteiger partial charge in [0.25, 0.3) is 0 Å². The first kappa shape index (κ1) is 16.8. The summed E-state index contributed by atoms with van der Waals surface area (Å²) in [6.45, 7) is 7.29. The molecule has 1 aromatic carbocycles. The number of rotatable bonds is 11. The van der Waals surface area contributed by atoms with Crippen molar-refractivity contribution in [2.75, 3.05) is 26.8 Å². The van der Waals surface area contributed by atoms with Crippen molar-refractivity contribution in [2.24, 2.45) is 0 Å². The molecular formula is C17H29NO2. The second-order valence-electron chi connectivity index (χ2n) is 5.17. The van der Waals surface area contributed by atoms with Crippen molar-refractivity contribution < 1.29 is 9.47 Å². The van der Waals surface area contributed by atoms with Crippen molar-refractivity contribution in [2.45, 2.75) is 46.0 Å². The maximum Gasteiger partial charge on any atom is 0.161 e. The first-order valence-corrected chi connectivity index (χ1v) is 7.76. The highest BCUT2D eigenvalue weighted by Gasteiger charge is 2.03. The molecular weight excluding hydrogens is 250 g/mol. The lowest BCUT2D eigenvalue weighted by Crippen LogP contribution is -2.15. The predicted octanol–water partition coefficient (Wildman–Crippen LogP) is 3.94. The molecule has 0 aliphatic carbocycles. The van der Waals surface area contributed by atoms with E-state index in [1.165, 1.54) is 31.2 Å². The summed E-state index contributed by atoms with van der Waals surface area (Å²) < 4.78 is 11.1. The fourth-order valence-corrected chi connectivity index (χ4v) is 2.08. The molecule has 0 spiro atoms. The highest BCUT2D eigenvalue weighted by atomic mass is 16.5. The number of unbranched alkanes of at least 4 members (excludes halogenated alkanes) is 3. The molecule has 0 saturated carbocycles. The molecule has 0 aliphatic rings. The molecule has 0 aliphatic heterocycles. The summed E-state index contributed by atoms with van der Waals surface area (Å²) in [5.41, 5.74) is 1.19. The third kappa shape index (κ3) is 6.80. The largest absolute Gasteiger partial charge is 0.493 e. The zero-order chi connectivity index (χ0) is 14.6. The van der Waals surface area contributed by atoms with Gasteiger partial charge in [0.2, 0.25) is 0 Å². The predicted molar refractivity (Wildman–Crippen MR) is 84.9 cm³/mol. The molecule has 1 aromatic rings. The topological polar surface area (TPSA) is 30.5 Å². The molecule has 0 saturated heterocycles. The minimum Gasteiger partial charge on any atom is -0.493 e. The van der Waals surface area contributed by atoms with Gasteiger partial charge in [0.05, 0.1) is 13.7 Å². The molecule has 0 bridgehead atoms. The Morgan fingerprint density at radius 1 is 1.00 bits per heavy atom. The van der Waals surface area contributed by atoms with Gasteiger partial charge in [0, 0.05) is 0 Å². The molecule has 1 rings (SSSR count). The molecule has 3 heteroatoms. The molecule has 114 valence electrons. The maximum absolute atomic E-state index is 5.79. The standard InChI is InChI=1S/C17H29NO2/c1-4-11-18-12-7-5-6-8-13-20-16-10-9-15(2)14-17(16)19-3/h9-10,14,18H,4-8,11-13H2,1-3H3. The van der Waals surface area contributed by atoms with Crippen molar-refractivity contribution in [3.8, 4) is 11.5 Å². The molecule has 0 heterocycles. The van der Waals surface area contributed by atoms with E-state index < -0.39 is 0 Å². The van der Waals surface area contributed by atoms with Crippen LogP contribution < -0.4 is 14.8 Å². The molecule has 0 atom stereocenters. The van der Waals surface area contributed by atoms with Crippen molar-refractivity contribution >= 4 is 0 Å². The number of aryl methyl sites for hydroxylation is 1. The zero-order valence-electron chi connectivity index (χ0n) is 13.2. The average molecular weight is 279 g/mol. The Morgan fingerprint density at radius 3 is 2.55 bits per heavy atom. The summed E-state index contributed by atoms with van der Waals surface area (Å²) in [5, 5.41) is 3.42. The Bertz CT molecular complexity index is 366. The Labute approximate surface area is 123 Å². The second-order valence-corrected chi connectivity index (χ2v) is 5.17. The summed E-state index contributed by atoms with van der Waals surface area (Å²) in [6, 6.07) is 6.05. The van der Waals surface area contributed by atoms with E-state index in [1.54, 1.807) is 7.11 Å². The van der Waals surface area contributed by atoms with E-state index in [9.17, 15) is 0 Å². The van der Waals surface area contributed by atoms with Crippen molar-refractivity contribution in [3.05, 3.63) is 23.8 Å². The van der Waals surface area contributed by atoms with E-state index in [2.05, 4.69) is 25.2 Å². The fourth-order valence-electron chi connectivity index (χ4n) is 2.08. The third-order valence-electron chi connectivity index (χ3n) is 3.25. The molecule has 0 fully saturated rings. The van der Waals surface area contributed by atoms with Gasteiger partial charge in [-0.2, -0.15) is 0 Å². The van der Waals surface area contributed by atoms with Crippen LogP contribution in [0.3, 0.4) is 0 Å². The van der Waals surface area contributed by atoms with Gasteiger partial charge in [0.1, 0.15) is 0 Å². The van der Waals surface area contributed by atoms with Crippen LogP contribution in [0.25, 0.3) is 0 Å². The molecule has 0 amide bonds. The van der Waals surface area contributed by atoms with E-state index in [0.717, 1.165) is 37.6 Å². The first-order chi connectivity index (χ1) is 9.77. The quantitative estimate of drug-likeness (QED) is 0.622. The van der Waals surface area contributed by atoms with Crippen LogP contribution in [0.1, 0.15) is 44.6 Å². The monoisotopic (exact) mass is 279 g/mol. The van der Waals surface area contributed by atoms with Crippen molar-refractivity contribution in [1.29, 1.82) is 0 Å². The molecule has 0 unspecified atom stereocenters. The average Bonchev–Trinajstić information content (AvgIpc) is 2.46. The van der Waals surface area contributed by atoms with Gasteiger partial charge in [-0.25, -0.2) is 0 Å². The van der Waals surface area contributed by atoms with Crippen molar-refractivity contribution in [1.82, 2.24) is 5.32 Å². The number of ether oxygens (including phenoxy) is 2. The van der Waals surface area contributed by atoms with E-state index >= 15 is 0 Å². The summed E-state index contributed by atoms with van der Waals surface area (Å²) in [6.07, 6.45) is 6.07. The number of hydrogen-bond donors (Lipinski definition) is 1. The first-order valence-electron chi connectivity index (χ1n) is 7.76. The lowest BCUT2D eigenvalue weighted by molar-refractivity contribution is 0.284. The van der Waals surface area contributed by atoms with Gasteiger partial charge < -0.3 is 14.8 Å². The third-order valence-corrected chi connectivity index (χ3v) is 3.25. The highest BCUT2D eigenvalue weighted by Crippen LogP contribution is 2.27. The Hall–Kier alpha value is -1.22. The van der Waals surface area contributed by atoms with Gasteiger partial charge in [-0.05, 0) is 57.0 Å². The molecule has 0 radical (unpaired) electrons. The Kier molecular flexibility index (Phi) is 8.88. The normalized spacial score (nSPS) is 10.6. The summed E-state index contributed by atoms with van der Waals surface area (Å²) in [5.74, 6) is 1.68. The van der Waals surface area contributed by atoms with E-state index in [4.69, 9.17) is 9.47 Å². The van der Waals surface area contributed by atoms with Gasteiger partial charge in [0.15, 0.2) is 11.5 Å². The van der Waals surface area contributed by atoms with Gasteiger partial charge in [-0.1, -0.05) is 25.8 Å². The number of benzene rings is 1. The molecule has 3 nitrogen and oxygen atoms in total. The lowest BCUT2D eigenvalue weighted by Gasteiger charge is -2.11. The van der Waals surface area contributed by atoms with Crippen LogP contribution >= 0.6 is 0 Å². The fraction of sp³-hybridized carbons (Fsp3) is 0.647. The minimum absolute atomic E-state index is 0.766. The van der Waals surface area contributed by atoms with Crippen LogP contribution in [0.2, 0.25) is 0 Å². The summed E-state index contributed by atoms with van der Waals surface area (Å²) >= 11 is 0. The number of nitrogens with one attached hydrogen (secondary N) is 1. The van der Waals surface area contributed by atoms with Gasteiger partial charge in [-0.3, -0.25) is 0 Å². The van der Waals surface area contributed by atoms with Gasteiger partial charge >= 0.3 is 0 Å². The molecule has 0 aromatic heterocycles. The molecule has 20 heavy (non-hydrogen) atoms. The lowest BCUT2D eigenvalue weighted by atomic mass is 10.2. The van der Waals surface area contributed by atoms with Crippen LogP contribution in [-0.4, -0.2) is 26.8 Å². The SMILES string of the molecule is CCCNCCCCCCOc1ccc(C)cc1OC. The zero-order valence-corrected chi connectivity index (χ0v) is 13.2. The highest BCUT2D eigenvalue weighted by molar-refractivity contribution is 5.42. The maximum atomic E-state index is 5.79. The summed E-state index contributed by atoms with van der Waals surface area (Å²) in [4.78, 5) is 0. The smallest absolute Gasteiger partial charge is 0.161 e. The van der Waals surface area contributed by atoms with Crippen LogP contribution in [0.15, 0.2) is 18.2 Å². The van der Waals surface area contributed by atoms with Crippen LogP contribution in [0, 0.1) is 6.92 Å². The Balaban J connectivity index is 2.09. The van der Waals surface area contributed by atoms with Crippen LogP contribution in [0.5, 0.6) is 11.5 Å². The van der Waals surface area contributed by atoms with E-state index in [0.29, 0.717) is 0 Å². The van der Waals surface area contributed by atoms with Gasteiger partial charge in [-0.15, -0.1) is 0 Å². The van der Waals surface area contributed by atoms with E-state index in [-0.39, 0.29) is 0 Å².